The van der Waals surface area contributed by atoms with Crippen LogP contribution in [-0.4, -0.2) is 52.0 Å². The van der Waals surface area contributed by atoms with Crippen LogP contribution in [0.4, 0.5) is 0 Å². The van der Waals surface area contributed by atoms with Crippen LogP contribution in [0, 0.1) is 0 Å². The molecular formula is C19H18N2O5. The highest BCUT2D eigenvalue weighted by Crippen LogP contribution is 2.39. The van der Waals surface area contributed by atoms with E-state index < -0.39 is 17.7 Å². The molecule has 3 rings (SSSR count). The lowest BCUT2D eigenvalue weighted by Crippen LogP contribution is -2.32. The summed E-state index contributed by atoms with van der Waals surface area (Å²) < 4.78 is 5.09. The van der Waals surface area contributed by atoms with Gasteiger partial charge in [0.1, 0.15) is 11.5 Å². The normalized spacial score (nSPS) is 19.0. The smallest absolute Gasteiger partial charge is 0.295 e. The van der Waals surface area contributed by atoms with Crippen molar-refractivity contribution in [3.8, 4) is 5.75 Å². The number of hydrogen-bond acceptors (Lipinski definition) is 6. The third-order valence-electron chi connectivity index (χ3n) is 4.27. The van der Waals surface area contributed by atoms with Crippen molar-refractivity contribution in [3.63, 3.8) is 0 Å². The fourth-order valence-corrected chi connectivity index (χ4v) is 3.02. The summed E-state index contributed by atoms with van der Waals surface area (Å²) in [5, 5.41) is 20.0. The minimum atomic E-state index is -0.785. The highest BCUT2D eigenvalue weighted by molar-refractivity contribution is 6.46. The number of β-amino-alcohol motifs (C(OH)–C–C–N with tert-alkyl or cyclic N) is 1. The predicted octanol–water partition coefficient (Wildman–Crippen LogP) is 1.50. The third-order valence-corrected chi connectivity index (χ3v) is 4.27. The number of methoxy groups -OCH3 is 1. The molecule has 0 radical (unpaired) electrons. The number of aromatic nitrogens is 1. The molecule has 0 saturated carbocycles. The first-order valence-electron chi connectivity index (χ1n) is 8.02. The van der Waals surface area contributed by atoms with Gasteiger partial charge in [-0.25, -0.2) is 0 Å². The number of pyridine rings is 1. The maximum absolute atomic E-state index is 12.6. The molecule has 2 N–H and O–H groups in total. The summed E-state index contributed by atoms with van der Waals surface area (Å²) in [6.07, 6.45) is 3.09. The lowest BCUT2D eigenvalue weighted by Gasteiger charge is -2.24. The van der Waals surface area contributed by atoms with Gasteiger partial charge >= 0.3 is 0 Å². The molecule has 2 heterocycles. The number of benzene rings is 1. The zero-order valence-electron chi connectivity index (χ0n) is 14.1. The molecule has 1 fully saturated rings. The molecule has 1 aromatic heterocycles. The fraction of sp³-hybridized carbons (Fsp3) is 0.211. The van der Waals surface area contributed by atoms with E-state index in [1.54, 1.807) is 48.8 Å². The molecule has 7 nitrogen and oxygen atoms in total. The Morgan fingerprint density at radius 3 is 2.38 bits per heavy atom. The standard InChI is InChI=1S/C19H18N2O5/c1-26-14-4-2-13(3-5-14)17(23)15-16(12-6-8-20-9-7-12)21(10-11-22)19(25)18(15)24/h2-9,16,22-23H,10-11H2,1H3/b17-15+/t16-/m1/s1. The van der Waals surface area contributed by atoms with Crippen molar-refractivity contribution in [2.45, 2.75) is 6.04 Å². The van der Waals surface area contributed by atoms with Crippen LogP contribution in [0.2, 0.25) is 0 Å². The van der Waals surface area contributed by atoms with Gasteiger partial charge in [0.25, 0.3) is 11.7 Å². The maximum atomic E-state index is 12.6. The minimum absolute atomic E-state index is 0.0141. The lowest BCUT2D eigenvalue weighted by molar-refractivity contribution is -0.140. The number of carbonyl (C=O) groups excluding carboxylic acids is 2. The molecule has 1 saturated heterocycles. The molecule has 0 unspecified atom stereocenters. The zero-order chi connectivity index (χ0) is 18.7. The molecule has 26 heavy (non-hydrogen) atoms. The van der Waals surface area contributed by atoms with Gasteiger partial charge in [0.15, 0.2) is 0 Å². The second kappa shape index (κ2) is 7.37. The Morgan fingerprint density at radius 2 is 1.81 bits per heavy atom. The van der Waals surface area contributed by atoms with Crippen molar-refractivity contribution < 1.29 is 24.5 Å². The van der Waals surface area contributed by atoms with E-state index in [4.69, 9.17) is 4.74 Å². The first-order valence-corrected chi connectivity index (χ1v) is 8.02. The lowest BCUT2D eigenvalue weighted by atomic mass is 9.96. The molecule has 1 aliphatic rings. The Bertz CT molecular complexity index is 846. The SMILES string of the molecule is COc1ccc(/C(O)=C2\C(=O)C(=O)N(CCO)[C@@H]2c2ccncc2)cc1. The average molecular weight is 354 g/mol. The summed E-state index contributed by atoms with van der Waals surface area (Å²) in [6, 6.07) is 9.08. The summed E-state index contributed by atoms with van der Waals surface area (Å²) in [7, 11) is 1.53. The molecule has 0 spiro atoms. The fourth-order valence-electron chi connectivity index (χ4n) is 3.02. The van der Waals surface area contributed by atoms with E-state index in [2.05, 4.69) is 4.98 Å². The van der Waals surface area contributed by atoms with Crippen LogP contribution in [0.1, 0.15) is 17.2 Å². The van der Waals surface area contributed by atoms with Crippen molar-refractivity contribution in [2.75, 3.05) is 20.3 Å². The number of carbonyl (C=O) groups is 2. The molecule has 1 aromatic carbocycles. The highest BCUT2D eigenvalue weighted by Gasteiger charge is 2.45. The molecule has 1 atom stereocenters. The number of hydrogen-bond donors (Lipinski definition) is 2. The largest absolute Gasteiger partial charge is 0.507 e. The van der Waals surface area contributed by atoms with E-state index in [-0.39, 0.29) is 24.5 Å². The predicted molar refractivity (Wildman–Crippen MR) is 93.3 cm³/mol. The van der Waals surface area contributed by atoms with Crippen LogP contribution in [0.25, 0.3) is 5.76 Å². The molecular weight excluding hydrogens is 336 g/mol. The van der Waals surface area contributed by atoms with E-state index in [0.717, 1.165) is 0 Å². The van der Waals surface area contributed by atoms with Crippen LogP contribution in [0.5, 0.6) is 5.75 Å². The monoisotopic (exact) mass is 354 g/mol. The Morgan fingerprint density at radius 1 is 1.15 bits per heavy atom. The second-order valence-electron chi connectivity index (χ2n) is 5.73. The van der Waals surface area contributed by atoms with Crippen molar-refractivity contribution in [2.24, 2.45) is 0 Å². The topological polar surface area (TPSA) is 100.0 Å². The van der Waals surface area contributed by atoms with Gasteiger partial charge in [-0.1, -0.05) is 0 Å². The van der Waals surface area contributed by atoms with Crippen molar-refractivity contribution in [1.29, 1.82) is 0 Å². The van der Waals surface area contributed by atoms with Gasteiger partial charge in [0, 0.05) is 24.5 Å². The molecule has 0 aliphatic carbocycles. The molecule has 1 amide bonds. The third kappa shape index (κ3) is 3.04. The van der Waals surface area contributed by atoms with E-state index >= 15 is 0 Å². The minimum Gasteiger partial charge on any atom is -0.507 e. The second-order valence-corrected chi connectivity index (χ2v) is 5.73. The molecule has 1 aliphatic heterocycles. The summed E-state index contributed by atoms with van der Waals surface area (Å²) in [5.74, 6) is -1.20. The Balaban J connectivity index is 2.14. The molecule has 7 heteroatoms. The number of ether oxygens (including phenoxy) is 1. The van der Waals surface area contributed by atoms with Gasteiger partial charge in [0.2, 0.25) is 0 Å². The summed E-state index contributed by atoms with van der Waals surface area (Å²) >= 11 is 0. The van der Waals surface area contributed by atoms with Crippen LogP contribution >= 0.6 is 0 Å². The first-order chi connectivity index (χ1) is 12.6. The van der Waals surface area contributed by atoms with Gasteiger partial charge in [-0.05, 0) is 42.0 Å². The van der Waals surface area contributed by atoms with Gasteiger partial charge < -0.3 is 19.8 Å². The number of aliphatic hydroxyl groups excluding tert-OH is 2. The van der Waals surface area contributed by atoms with E-state index in [9.17, 15) is 19.8 Å². The Labute approximate surface area is 150 Å². The van der Waals surface area contributed by atoms with Crippen molar-refractivity contribution in [3.05, 3.63) is 65.5 Å². The summed E-state index contributed by atoms with van der Waals surface area (Å²) in [5.41, 5.74) is 1.01. The van der Waals surface area contributed by atoms with E-state index in [0.29, 0.717) is 16.9 Å². The Hall–Kier alpha value is -3.19. The zero-order valence-corrected chi connectivity index (χ0v) is 14.1. The number of ketones is 1. The van der Waals surface area contributed by atoms with Gasteiger partial charge in [-0.15, -0.1) is 0 Å². The number of likely N-dealkylation sites (tertiary alicyclic amines) is 1. The van der Waals surface area contributed by atoms with Crippen LogP contribution < -0.4 is 4.74 Å². The van der Waals surface area contributed by atoms with Crippen LogP contribution in [-0.2, 0) is 9.59 Å². The number of amides is 1. The molecule has 0 bridgehead atoms. The number of aliphatic hydroxyl groups is 2. The number of nitrogens with zero attached hydrogens (tertiary/aromatic N) is 2. The van der Waals surface area contributed by atoms with Crippen molar-refractivity contribution >= 4 is 17.4 Å². The van der Waals surface area contributed by atoms with Gasteiger partial charge in [-0.2, -0.15) is 0 Å². The highest BCUT2D eigenvalue weighted by atomic mass is 16.5. The van der Waals surface area contributed by atoms with E-state index in [1.807, 2.05) is 0 Å². The number of Topliss-reactive ketones (excluding diaryl/α,β-unsaturated/α-hetero) is 1. The Kier molecular flexibility index (Phi) is 4.99. The summed E-state index contributed by atoms with van der Waals surface area (Å²) in [6.45, 7) is -0.311. The maximum Gasteiger partial charge on any atom is 0.295 e. The number of rotatable bonds is 5. The van der Waals surface area contributed by atoms with Crippen LogP contribution in [0.15, 0.2) is 54.4 Å². The average Bonchev–Trinajstić information content (AvgIpc) is 2.93. The van der Waals surface area contributed by atoms with E-state index in [1.165, 1.54) is 12.0 Å². The van der Waals surface area contributed by atoms with Gasteiger partial charge in [-0.3, -0.25) is 14.6 Å². The van der Waals surface area contributed by atoms with Crippen LogP contribution in [0.3, 0.4) is 0 Å². The summed E-state index contributed by atoms with van der Waals surface area (Å²) in [4.78, 5) is 30.2. The molecule has 134 valence electrons. The van der Waals surface area contributed by atoms with Gasteiger partial charge in [0.05, 0.1) is 25.3 Å². The molecule has 2 aromatic rings. The quantitative estimate of drug-likeness (QED) is 0.480. The van der Waals surface area contributed by atoms with Crippen molar-refractivity contribution in [1.82, 2.24) is 9.88 Å². The first kappa shape index (κ1) is 17.6.